The van der Waals surface area contributed by atoms with E-state index in [2.05, 4.69) is 39.7 Å². The van der Waals surface area contributed by atoms with E-state index in [1.165, 1.54) is 11.1 Å². The average molecular weight is 390 g/mol. The number of aromatic nitrogens is 1. The molecular formula is C23H26N4O2. The van der Waals surface area contributed by atoms with Crippen molar-refractivity contribution in [2.75, 3.05) is 14.2 Å². The largest absolute Gasteiger partial charge is 0.497 e. The van der Waals surface area contributed by atoms with E-state index in [1.807, 2.05) is 48.5 Å². The lowest BCUT2D eigenvalue weighted by molar-refractivity contribution is 0.407. The maximum Gasteiger partial charge on any atom is 0.219 e. The molecule has 0 atom stereocenters. The number of nitrogens with zero attached hydrogens (tertiary/aromatic N) is 2. The number of aryl methyl sites for hydroxylation is 1. The Balaban J connectivity index is 1.51. The summed E-state index contributed by atoms with van der Waals surface area (Å²) in [5.41, 5.74) is 3.53. The minimum Gasteiger partial charge on any atom is -0.497 e. The number of benzene rings is 2. The fourth-order valence-corrected chi connectivity index (χ4v) is 2.76. The standard InChI is InChI=1S/C23H26N4O2/c1-17-7-4-5-8-19(17)16-27-23(24-2)26-15-18-11-12-22(25-14-18)29-21-10-6-9-20(13-21)28-3/h4-14H,15-16H2,1-3H3,(H2,24,26,27). The van der Waals surface area contributed by atoms with Gasteiger partial charge in [-0.25, -0.2) is 4.98 Å². The van der Waals surface area contributed by atoms with Gasteiger partial charge in [0.2, 0.25) is 5.88 Å². The third-order valence-corrected chi connectivity index (χ3v) is 4.45. The first-order valence-corrected chi connectivity index (χ1v) is 9.44. The fourth-order valence-electron chi connectivity index (χ4n) is 2.76. The second kappa shape index (κ2) is 10.1. The second-order valence-corrected chi connectivity index (χ2v) is 6.49. The number of guanidine groups is 1. The molecule has 1 aromatic heterocycles. The summed E-state index contributed by atoms with van der Waals surface area (Å²) >= 11 is 0. The molecule has 0 amide bonds. The van der Waals surface area contributed by atoms with Gasteiger partial charge in [-0.05, 0) is 35.7 Å². The molecule has 6 heteroatoms. The first kappa shape index (κ1) is 20.2. The quantitative estimate of drug-likeness (QED) is 0.470. The first-order valence-electron chi connectivity index (χ1n) is 9.44. The van der Waals surface area contributed by atoms with E-state index in [9.17, 15) is 0 Å². The topological polar surface area (TPSA) is 67.8 Å². The van der Waals surface area contributed by atoms with Crippen molar-refractivity contribution < 1.29 is 9.47 Å². The molecule has 0 aliphatic heterocycles. The Kier molecular flexibility index (Phi) is 7.05. The number of methoxy groups -OCH3 is 1. The number of ether oxygens (including phenoxy) is 2. The first-order chi connectivity index (χ1) is 14.2. The van der Waals surface area contributed by atoms with Gasteiger partial charge in [0.15, 0.2) is 5.96 Å². The third-order valence-electron chi connectivity index (χ3n) is 4.45. The normalized spacial score (nSPS) is 11.1. The number of rotatable bonds is 7. The molecule has 150 valence electrons. The van der Waals surface area contributed by atoms with Crippen LogP contribution in [-0.2, 0) is 13.1 Å². The number of hydrogen-bond donors (Lipinski definition) is 2. The third kappa shape index (κ3) is 5.97. The lowest BCUT2D eigenvalue weighted by atomic mass is 10.1. The lowest BCUT2D eigenvalue weighted by Gasteiger charge is -2.13. The van der Waals surface area contributed by atoms with Crippen LogP contribution in [0.4, 0.5) is 0 Å². The Morgan fingerprint density at radius 2 is 1.76 bits per heavy atom. The van der Waals surface area contributed by atoms with Gasteiger partial charge in [0.25, 0.3) is 0 Å². The van der Waals surface area contributed by atoms with Crippen LogP contribution in [0.5, 0.6) is 17.4 Å². The number of nitrogens with one attached hydrogen (secondary N) is 2. The molecule has 0 aliphatic rings. The van der Waals surface area contributed by atoms with Crippen LogP contribution in [0.1, 0.15) is 16.7 Å². The molecule has 0 spiro atoms. The van der Waals surface area contributed by atoms with Crippen molar-refractivity contribution in [3.63, 3.8) is 0 Å². The highest BCUT2D eigenvalue weighted by molar-refractivity contribution is 5.79. The molecule has 1 heterocycles. The molecule has 0 saturated heterocycles. The van der Waals surface area contributed by atoms with Crippen molar-refractivity contribution in [3.05, 3.63) is 83.6 Å². The van der Waals surface area contributed by atoms with E-state index < -0.39 is 0 Å². The molecule has 29 heavy (non-hydrogen) atoms. The smallest absolute Gasteiger partial charge is 0.219 e. The average Bonchev–Trinajstić information content (AvgIpc) is 2.76. The summed E-state index contributed by atoms with van der Waals surface area (Å²) in [5, 5.41) is 6.63. The minimum absolute atomic E-state index is 0.532. The molecule has 0 saturated carbocycles. The van der Waals surface area contributed by atoms with Crippen molar-refractivity contribution in [3.8, 4) is 17.4 Å². The van der Waals surface area contributed by atoms with E-state index in [4.69, 9.17) is 9.47 Å². The summed E-state index contributed by atoms with van der Waals surface area (Å²) in [6, 6.07) is 19.6. The van der Waals surface area contributed by atoms with Crippen molar-refractivity contribution in [2.24, 2.45) is 4.99 Å². The molecule has 0 aliphatic carbocycles. The van der Waals surface area contributed by atoms with Crippen molar-refractivity contribution in [2.45, 2.75) is 20.0 Å². The van der Waals surface area contributed by atoms with Crippen molar-refractivity contribution in [1.29, 1.82) is 0 Å². The van der Waals surface area contributed by atoms with Crippen molar-refractivity contribution >= 4 is 5.96 Å². The zero-order chi connectivity index (χ0) is 20.5. The molecule has 2 N–H and O–H groups in total. The van der Waals surface area contributed by atoms with E-state index >= 15 is 0 Å². The molecule has 6 nitrogen and oxygen atoms in total. The molecule has 0 radical (unpaired) electrons. The highest BCUT2D eigenvalue weighted by Crippen LogP contribution is 2.23. The van der Waals surface area contributed by atoms with Gasteiger partial charge in [0, 0.05) is 38.5 Å². The second-order valence-electron chi connectivity index (χ2n) is 6.49. The zero-order valence-electron chi connectivity index (χ0n) is 17.0. The summed E-state index contributed by atoms with van der Waals surface area (Å²) in [4.78, 5) is 8.65. The number of hydrogen-bond acceptors (Lipinski definition) is 4. The fraction of sp³-hybridized carbons (Fsp3) is 0.217. The van der Waals surface area contributed by atoms with Crippen LogP contribution in [0.2, 0.25) is 0 Å². The molecular weight excluding hydrogens is 364 g/mol. The maximum atomic E-state index is 5.77. The Bertz CT molecular complexity index is 955. The monoisotopic (exact) mass is 390 g/mol. The van der Waals surface area contributed by atoms with Gasteiger partial charge in [-0.1, -0.05) is 36.4 Å². The Morgan fingerprint density at radius 1 is 0.966 bits per heavy atom. The van der Waals surface area contributed by atoms with E-state index in [1.54, 1.807) is 20.4 Å². The lowest BCUT2D eigenvalue weighted by Crippen LogP contribution is -2.36. The Hall–Kier alpha value is -3.54. The van der Waals surface area contributed by atoms with Crippen molar-refractivity contribution in [1.82, 2.24) is 15.6 Å². The van der Waals surface area contributed by atoms with Crippen LogP contribution in [-0.4, -0.2) is 25.1 Å². The van der Waals surface area contributed by atoms with Gasteiger partial charge in [0.05, 0.1) is 7.11 Å². The molecule has 3 rings (SSSR count). The summed E-state index contributed by atoms with van der Waals surface area (Å²) < 4.78 is 11.0. The summed E-state index contributed by atoms with van der Waals surface area (Å²) in [6.07, 6.45) is 1.79. The predicted octanol–water partition coefficient (Wildman–Crippen LogP) is 4.06. The van der Waals surface area contributed by atoms with E-state index in [0.29, 0.717) is 18.2 Å². The highest BCUT2D eigenvalue weighted by Gasteiger charge is 2.03. The van der Waals surface area contributed by atoms with Crippen LogP contribution in [0.3, 0.4) is 0 Å². The number of pyridine rings is 1. The van der Waals surface area contributed by atoms with Gasteiger partial charge in [-0.15, -0.1) is 0 Å². The molecule has 0 fully saturated rings. The van der Waals surface area contributed by atoms with Crippen LogP contribution in [0.15, 0.2) is 71.9 Å². The zero-order valence-corrected chi connectivity index (χ0v) is 17.0. The van der Waals surface area contributed by atoms with Gasteiger partial charge in [-0.2, -0.15) is 0 Å². The van der Waals surface area contributed by atoms with Gasteiger partial charge >= 0.3 is 0 Å². The van der Waals surface area contributed by atoms with E-state index in [-0.39, 0.29) is 0 Å². The van der Waals surface area contributed by atoms with Crippen LogP contribution < -0.4 is 20.1 Å². The maximum absolute atomic E-state index is 5.77. The van der Waals surface area contributed by atoms with Crippen LogP contribution >= 0.6 is 0 Å². The van der Waals surface area contributed by atoms with Gasteiger partial charge in [-0.3, -0.25) is 4.99 Å². The Morgan fingerprint density at radius 3 is 2.48 bits per heavy atom. The molecule has 3 aromatic rings. The van der Waals surface area contributed by atoms with Crippen LogP contribution in [0.25, 0.3) is 0 Å². The molecule has 0 bridgehead atoms. The molecule has 2 aromatic carbocycles. The minimum atomic E-state index is 0.532. The summed E-state index contributed by atoms with van der Waals surface area (Å²) in [7, 11) is 3.39. The predicted molar refractivity (Wildman–Crippen MR) is 116 cm³/mol. The Labute approximate surface area is 171 Å². The van der Waals surface area contributed by atoms with Gasteiger partial charge in [0.1, 0.15) is 11.5 Å². The highest BCUT2D eigenvalue weighted by atomic mass is 16.5. The molecule has 0 unspecified atom stereocenters. The van der Waals surface area contributed by atoms with Gasteiger partial charge < -0.3 is 20.1 Å². The van der Waals surface area contributed by atoms with E-state index in [0.717, 1.165) is 23.8 Å². The number of aliphatic imine (C=N–C) groups is 1. The SMILES string of the molecule is CN=C(NCc1ccc(Oc2cccc(OC)c2)nc1)NCc1ccccc1C. The summed E-state index contributed by atoms with van der Waals surface area (Å²) in [5.74, 6) is 2.70. The summed E-state index contributed by atoms with van der Waals surface area (Å²) in [6.45, 7) is 3.44. The van der Waals surface area contributed by atoms with Crippen LogP contribution in [0, 0.1) is 6.92 Å².